The smallest absolute Gasteiger partial charge is 0.167 e. The zero-order chi connectivity index (χ0) is 8.32. The molecule has 1 aliphatic carbocycles. The second-order valence-corrected chi connectivity index (χ2v) is 4.38. The van der Waals surface area contributed by atoms with Crippen molar-refractivity contribution in [2.24, 2.45) is 0 Å². The normalized spacial score (nSPS) is 23.2. The van der Waals surface area contributed by atoms with E-state index in [9.17, 15) is 13.2 Å². The van der Waals surface area contributed by atoms with E-state index in [2.05, 4.69) is 0 Å². The maximum absolute atomic E-state index is 11.8. The van der Waals surface area contributed by atoms with E-state index in [4.69, 9.17) is 0 Å². The molecule has 0 aromatic rings. The Morgan fingerprint density at radius 1 is 1.00 bits per heavy atom. The van der Waals surface area contributed by atoms with E-state index in [1.807, 2.05) is 0 Å². The Bertz CT molecular complexity index is 115. The standard InChI is InChI=1S/C7H11F3P/c8-7(9,10)11-6-4-2-1-3-5-6/h6H,1-5H2. The lowest BCUT2D eigenvalue weighted by Gasteiger charge is -2.21. The van der Waals surface area contributed by atoms with Gasteiger partial charge in [-0.05, 0) is 18.5 Å². The second kappa shape index (κ2) is 3.75. The van der Waals surface area contributed by atoms with Crippen LogP contribution in [0.4, 0.5) is 13.2 Å². The van der Waals surface area contributed by atoms with Crippen molar-refractivity contribution < 1.29 is 13.2 Å². The van der Waals surface area contributed by atoms with Crippen LogP contribution in [0.1, 0.15) is 32.1 Å². The van der Waals surface area contributed by atoms with E-state index < -0.39 is 5.92 Å². The number of hydrogen-bond acceptors (Lipinski definition) is 0. The molecule has 0 heterocycles. The minimum absolute atomic E-state index is 0.108. The van der Waals surface area contributed by atoms with Crippen LogP contribution in [0.5, 0.6) is 0 Å². The van der Waals surface area contributed by atoms with Crippen LogP contribution >= 0.6 is 8.58 Å². The average molecular weight is 183 g/mol. The van der Waals surface area contributed by atoms with Crippen molar-refractivity contribution in [1.82, 2.24) is 0 Å². The summed E-state index contributed by atoms with van der Waals surface area (Å²) in [4.78, 5) is 0. The third kappa shape index (κ3) is 3.95. The minimum Gasteiger partial charge on any atom is -0.167 e. The number of hydrogen-bond donors (Lipinski definition) is 0. The Morgan fingerprint density at radius 3 is 2.00 bits per heavy atom. The molecule has 0 spiro atoms. The molecular formula is C7H11F3P. The van der Waals surface area contributed by atoms with Gasteiger partial charge in [0.05, 0.1) is 0 Å². The Hall–Kier alpha value is 0.220. The van der Waals surface area contributed by atoms with Crippen LogP contribution in [-0.4, -0.2) is 11.6 Å². The van der Waals surface area contributed by atoms with Gasteiger partial charge in [0.15, 0.2) is 0 Å². The van der Waals surface area contributed by atoms with Crippen molar-refractivity contribution in [1.29, 1.82) is 0 Å². The lowest BCUT2D eigenvalue weighted by atomic mass is 10.0. The fourth-order valence-corrected chi connectivity index (χ4v) is 2.45. The van der Waals surface area contributed by atoms with E-state index in [0.29, 0.717) is 0 Å². The highest BCUT2D eigenvalue weighted by Crippen LogP contribution is 2.45. The van der Waals surface area contributed by atoms with Crippen molar-refractivity contribution in [3.63, 3.8) is 0 Å². The molecule has 0 aliphatic heterocycles. The molecule has 0 unspecified atom stereocenters. The summed E-state index contributed by atoms with van der Waals surface area (Å²) in [7, 11) is -0.316. The maximum atomic E-state index is 11.8. The Morgan fingerprint density at radius 2 is 1.55 bits per heavy atom. The molecule has 0 atom stereocenters. The maximum Gasteiger partial charge on any atom is 0.409 e. The van der Waals surface area contributed by atoms with Gasteiger partial charge in [-0.1, -0.05) is 19.3 Å². The van der Waals surface area contributed by atoms with Crippen molar-refractivity contribution in [3.05, 3.63) is 0 Å². The van der Waals surface area contributed by atoms with Crippen LogP contribution in [0, 0.1) is 0 Å². The SMILES string of the molecule is FC(F)(F)[P]C1CCCCC1. The summed E-state index contributed by atoms with van der Waals surface area (Å²) >= 11 is 0. The molecule has 11 heavy (non-hydrogen) atoms. The highest BCUT2D eigenvalue weighted by molar-refractivity contribution is 7.40. The quantitative estimate of drug-likeness (QED) is 0.542. The van der Waals surface area contributed by atoms with Crippen LogP contribution < -0.4 is 0 Å². The van der Waals surface area contributed by atoms with E-state index in [0.717, 1.165) is 32.1 Å². The molecule has 0 bridgehead atoms. The molecule has 1 radical (unpaired) electrons. The molecule has 1 aliphatic rings. The fourth-order valence-electron chi connectivity index (χ4n) is 1.42. The molecule has 4 heteroatoms. The van der Waals surface area contributed by atoms with Gasteiger partial charge in [0, 0.05) is 8.58 Å². The van der Waals surface area contributed by atoms with Gasteiger partial charge >= 0.3 is 5.92 Å². The predicted molar refractivity (Wildman–Crippen MR) is 39.8 cm³/mol. The largest absolute Gasteiger partial charge is 0.409 e. The van der Waals surface area contributed by atoms with Crippen LogP contribution in [-0.2, 0) is 0 Å². The van der Waals surface area contributed by atoms with Gasteiger partial charge in [-0.3, -0.25) is 0 Å². The first-order chi connectivity index (χ1) is 5.08. The molecular weight excluding hydrogens is 172 g/mol. The number of halogens is 3. The Kier molecular flexibility index (Phi) is 3.17. The highest BCUT2D eigenvalue weighted by Gasteiger charge is 2.33. The summed E-state index contributed by atoms with van der Waals surface area (Å²) in [6, 6.07) is 0. The summed E-state index contributed by atoms with van der Waals surface area (Å²) in [5.41, 5.74) is -0.108. The van der Waals surface area contributed by atoms with Gasteiger partial charge in [0.1, 0.15) is 0 Å². The van der Waals surface area contributed by atoms with Gasteiger partial charge < -0.3 is 0 Å². The minimum atomic E-state index is -3.97. The molecule has 0 nitrogen and oxygen atoms in total. The highest BCUT2D eigenvalue weighted by atomic mass is 31.1. The summed E-state index contributed by atoms with van der Waals surface area (Å²) in [6.45, 7) is 0. The zero-order valence-corrected chi connectivity index (χ0v) is 7.09. The molecule has 0 saturated heterocycles. The molecule has 0 amide bonds. The van der Waals surface area contributed by atoms with E-state index in [1.54, 1.807) is 0 Å². The zero-order valence-electron chi connectivity index (χ0n) is 6.19. The first-order valence-electron chi connectivity index (χ1n) is 3.87. The van der Waals surface area contributed by atoms with Gasteiger partial charge in [0.25, 0.3) is 0 Å². The Labute approximate surface area is 66.3 Å². The van der Waals surface area contributed by atoms with Crippen LogP contribution in [0.25, 0.3) is 0 Å². The van der Waals surface area contributed by atoms with Crippen LogP contribution in [0.2, 0.25) is 0 Å². The topological polar surface area (TPSA) is 0 Å². The van der Waals surface area contributed by atoms with E-state index in [-0.39, 0.29) is 14.2 Å². The summed E-state index contributed by atoms with van der Waals surface area (Å²) in [5.74, 6) is -3.97. The molecule has 1 fully saturated rings. The van der Waals surface area contributed by atoms with Gasteiger partial charge in [-0.15, -0.1) is 0 Å². The van der Waals surface area contributed by atoms with E-state index in [1.165, 1.54) is 0 Å². The summed E-state index contributed by atoms with van der Waals surface area (Å²) in [6.07, 6.45) is 4.60. The first kappa shape index (κ1) is 9.31. The summed E-state index contributed by atoms with van der Waals surface area (Å²) < 4.78 is 35.5. The van der Waals surface area contributed by atoms with Crippen molar-refractivity contribution >= 4 is 8.58 Å². The molecule has 0 N–H and O–H groups in total. The van der Waals surface area contributed by atoms with Crippen molar-refractivity contribution in [2.45, 2.75) is 43.7 Å². The molecule has 1 saturated carbocycles. The summed E-state index contributed by atoms with van der Waals surface area (Å²) in [5, 5.41) is 0. The van der Waals surface area contributed by atoms with Crippen LogP contribution in [0.15, 0.2) is 0 Å². The fraction of sp³-hybridized carbons (Fsp3) is 1.00. The molecule has 0 aromatic heterocycles. The third-order valence-corrected chi connectivity index (χ3v) is 3.08. The van der Waals surface area contributed by atoms with E-state index >= 15 is 0 Å². The molecule has 1 rings (SSSR count). The lowest BCUT2D eigenvalue weighted by molar-refractivity contribution is -0.0380. The lowest BCUT2D eigenvalue weighted by Crippen LogP contribution is -2.12. The second-order valence-electron chi connectivity index (χ2n) is 2.89. The predicted octanol–water partition coefficient (Wildman–Crippen LogP) is 3.79. The van der Waals surface area contributed by atoms with Crippen molar-refractivity contribution in [3.8, 4) is 0 Å². The number of alkyl halides is 3. The molecule has 65 valence electrons. The first-order valence-corrected chi connectivity index (χ1v) is 4.83. The average Bonchev–Trinajstić information content (AvgIpc) is 1.85. The van der Waals surface area contributed by atoms with Crippen LogP contribution in [0.3, 0.4) is 0 Å². The van der Waals surface area contributed by atoms with Gasteiger partial charge in [0.2, 0.25) is 0 Å². The Balaban J connectivity index is 2.24. The molecule has 0 aromatic carbocycles. The van der Waals surface area contributed by atoms with Crippen molar-refractivity contribution in [2.75, 3.05) is 0 Å². The third-order valence-electron chi connectivity index (χ3n) is 1.90. The monoisotopic (exact) mass is 183 g/mol. The van der Waals surface area contributed by atoms with Gasteiger partial charge in [-0.2, -0.15) is 13.2 Å². The number of rotatable bonds is 1. The van der Waals surface area contributed by atoms with Gasteiger partial charge in [-0.25, -0.2) is 0 Å².